The lowest BCUT2D eigenvalue weighted by molar-refractivity contribution is -0.113. The van der Waals surface area contributed by atoms with Crippen LogP contribution in [0.4, 0.5) is 5.13 Å². The molecule has 0 aliphatic carbocycles. The van der Waals surface area contributed by atoms with Gasteiger partial charge in [-0.15, -0.1) is 22.0 Å². The zero-order chi connectivity index (χ0) is 22.5. The third kappa shape index (κ3) is 5.75. The molecule has 1 N–H and O–H groups in total. The van der Waals surface area contributed by atoms with E-state index in [4.69, 9.17) is 4.98 Å². The number of rotatable bonds is 9. The first kappa shape index (κ1) is 23.3. The molecule has 1 amide bonds. The van der Waals surface area contributed by atoms with Crippen LogP contribution >= 0.6 is 46.6 Å². The standard InChI is InChI=1S/C21H23N5O2S4/c1-3-29-21-25-24-19(32-21)23-16(27)12-30-20-22-15-11-13(2)31-17(15)18(28)26(20)10-9-14-7-5-4-6-8-14/h4-8,13H,3,9-12H2,1-2H3,(H,23,24,27). The SMILES string of the molecule is CCSc1nnc(NC(=O)CSc2nc3c(c(=O)n2CCc2ccccc2)SC(C)C3)s1. The summed E-state index contributed by atoms with van der Waals surface area (Å²) in [6.07, 6.45) is 1.50. The van der Waals surface area contributed by atoms with E-state index in [0.29, 0.717) is 22.1 Å². The van der Waals surface area contributed by atoms with E-state index < -0.39 is 0 Å². The van der Waals surface area contributed by atoms with Gasteiger partial charge >= 0.3 is 0 Å². The summed E-state index contributed by atoms with van der Waals surface area (Å²) in [5.41, 5.74) is 2.00. The lowest BCUT2D eigenvalue weighted by Gasteiger charge is -2.13. The number of hydrogen-bond acceptors (Lipinski definition) is 9. The Balaban J connectivity index is 1.48. The van der Waals surface area contributed by atoms with Gasteiger partial charge in [0.15, 0.2) is 9.50 Å². The number of aromatic nitrogens is 4. The number of thioether (sulfide) groups is 3. The fourth-order valence-electron chi connectivity index (χ4n) is 3.25. The number of aryl methyl sites for hydroxylation is 1. The van der Waals surface area contributed by atoms with Crippen LogP contribution < -0.4 is 10.9 Å². The third-order valence-electron chi connectivity index (χ3n) is 4.68. The van der Waals surface area contributed by atoms with Crippen molar-refractivity contribution < 1.29 is 4.79 Å². The number of benzene rings is 1. The van der Waals surface area contributed by atoms with Gasteiger partial charge in [0.05, 0.1) is 16.3 Å². The van der Waals surface area contributed by atoms with Crippen molar-refractivity contribution in [1.29, 1.82) is 0 Å². The van der Waals surface area contributed by atoms with Gasteiger partial charge in [0.2, 0.25) is 11.0 Å². The Bertz CT molecular complexity index is 1150. The Kier molecular flexibility index (Phi) is 7.93. The molecular formula is C21H23N5O2S4. The van der Waals surface area contributed by atoms with Gasteiger partial charge in [-0.25, -0.2) is 4.98 Å². The molecule has 2 aromatic heterocycles. The number of amides is 1. The maximum Gasteiger partial charge on any atom is 0.268 e. The third-order valence-corrected chi connectivity index (χ3v) is 8.73. The highest BCUT2D eigenvalue weighted by Crippen LogP contribution is 2.34. The first-order valence-electron chi connectivity index (χ1n) is 10.3. The molecule has 0 bridgehead atoms. The second-order valence-corrected chi connectivity index (χ2v) is 12.0. The number of nitrogens with one attached hydrogen (secondary N) is 1. The van der Waals surface area contributed by atoms with E-state index in [1.807, 2.05) is 25.1 Å². The van der Waals surface area contributed by atoms with Gasteiger partial charge in [-0.2, -0.15) is 0 Å². The number of nitrogens with zero attached hydrogens (tertiary/aromatic N) is 4. The molecule has 0 saturated heterocycles. The fourth-order valence-corrected chi connectivity index (χ4v) is 6.87. The van der Waals surface area contributed by atoms with Crippen molar-refractivity contribution in [2.24, 2.45) is 0 Å². The second-order valence-electron chi connectivity index (χ2n) is 7.14. The van der Waals surface area contributed by atoms with Gasteiger partial charge in [-0.3, -0.25) is 19.5 Å². The molecule has 1 unspecified atom stereocenters. The summed E-state index contributed by atoms with van der Waals surface area (Å²) in [5.74, 6) is 0.862. The van der Waals surface area contributed by atoms with Gasteiger partial charge in [-0.1, -0.05) is 79.0 Å². The minimum absolute atomic E-state index is 0.00598. The number of anilines is 1. The van der Waals surface area contributed by atoms with Crippen LogP contribution in [-0.2, 0) is 24.2 Å². The minimum atomic E-state index is -0.189. The first-order chi connectivity index (χ1) is 15.5. The quantitative estimate of drug-likeness (QED) is 0.263. The minimum Gasteiger partial charge on any atom is -0.300 e. The van der Waals surface area contributed by atoms with Crippen molar-refractivity contribution in [3.63, 3.8) is 0 Å². The van der Waals surface area contributed by atoms with Crippen molar-refractivity contribution in [2.75, 3.05) is 16.8 Å². The van der Waals surface area contributed by atoms with Gasteiger partial charge in [-0.05, 0) is 17.7 Å². The van der Waals surface area contributed by atoms with Crippen molar-refractivity contribution >= 4 is 57.7 Å². The number of carbonyl (C=O) groups is 1. The van der Waals surface area contributed by atoms with E-state index >= 15 is 0 Å². The first-order valence-corrected chi connectivity index (χ1v) is 13.9. The fraction of sp³-hybridized carbons (Fsp3) is 0.381. The summed E-state index contributed by atoms with van der Waals surface area (Å²) in [5, 5.41) is 12.3. The Labute approximate surface area is 203 Å². The molecule has 0 fully saturated rings. The van der Waals surface area contributed by atoms with E-state index in [1.54, 1.807) is 28.1 Å². The molecule has 7 nitrogen and oxygen atoms in total. The highest BCUT2D eigenvalue weighted by atomic mass is 32.2. The molecule has 0 spiro atoms. The van der Waals surface area contributed by atoms with E-state index in [9.17, 15) is 9.59 Å². The molecule has 1 aromatic carbocycles. The molecule has 3 heterocycles. The van der Waals surface area contributed by atoms with Gasteiger partial charge in [0, 0.05) is 18.2 Å². The summed E-state index contributed by atoms with van der Waals surface area (Å²) < 4.78 is 2.55. The Morgan fingerprint density at radius 1 is 1.25 bits per heavy atom. The molecule has 11 heteroatoms. The Hall–Kier alpha value is -1.82. The zero-order valence-corrected chi connectivity index (χ0v) is 21.0. The van der Waals surface area contributed by atoms with Crippen LogP contribution in [0, 0.1) is 0 Å². The van der Waals surface area contributed by atoms with Crippen molar-refractivity contribution in [2.45, 2.75) is 52.9 Å². The van der Waals surface area contributed by atoms with E-state index in [2.05, 4.69) is 34.6 Å². The molecule has 32 heavy (non-hydrogen) atoms. The molecule has 168 valence electrons. The van der Waals surface area contributed by atoms with Crippen LogP contribution in [0.5, 0.6) is 0 Å². The van der Waals surface area contributed by atoms with E-state index in [1.165, 1.54) is 23.1 Å². The predicted octanol–water partition coefficient (Wildman–Crippen LogP) is 4.22. The number of carbonyl (C=O) groups excluding carboxylic acids is 1. The Morgan fingerprint density at radius 3 is 2.84 bits per heavy atom. The van der Waals surface area contributed by atoms with Crippen LogP contribution in [0.2, 0.25) is 0 Å². The van der Waals surface area contributed by atoms with Crippen LogP contribution in [0.25, 0.3) is 0 Å². The molecule has 0 radical (unpaired) electrons. The number of hydrogen-bond donors (Lipinski definition) is 1. The molecule has 0 saturated carbocycles. The maximum absolute atomic E-state index is 13.2. The van der Waals surface area contributed by atoms with Crippen LogP contribution in [0.15, 0.2) is 49.5 Å². The molecule has 3 aromatic rings. The molecule has 1 aliphatic rings. The largest absolute Gasteiger partial charge is 0.300 e. The summed E-state index contributed by atoms with van der Waals surface area (Å²) in [7, 11) is 0. The highest BCUT2D eigenvalue weighted by Gasteiger charge is 2.26. The van der Waals surface area contributed by atoms with Gasteiger partial charge < -0.3 is 0 Å². The normalized spacial score (nSPS) is 15.0. The smallest absolute Gasteiger partial charge is 0.268 e. The molecule has 4 rings (SSSR count). The van der Waals surface area contributed by atoms with Crippen LogP contribution in [-0.4, -0.2) is 42.4 Å². The summed E-state index contributed by atoms with van der Waals surface area (Å²) in [6, 6.07) is 10.1. The highest BCUT2D eigenvalue weighted by molar-refractivity contribution is 8.01. The number of fused-ring (bicyclic) bond motifs is 1. The summed E-state index contributed by atoms with van der Waals surface area (Å²) >= 11 is 5.84. The molecule has 1 atom stereocenters. The van der Waals surface area contributed by atoms with E-state index in [0.717, 1.165) is 39.1 Å². The van der Waals surface area contributed by atoms with Gasteiger partial charge in [0.1, 0.15) is 0 Å². The lowest BCUT2D eigenvalue weighted by Crippen LogP contribution is -2.27. The van der Waals surface area contributed by atoms with Crippen molar-refractivity contribution in [3.05, 3.63) is 51.9 Å². The van der Waals surface area contributed by atoms with Gasteiger partial charge in [0.25, 0.3) is 5.56 Å². The van der Waals surface area contributed by atoms with E-state index in [-0.39, 0.29) is 17.2 Å². The Morgan fingerprint density at radius 2 is 2.06 bits per heavy atom. The van der Waals surface area contributed by atoms with Crippen LogP contribution in [0.3, 0.4) is 0 Å². The molecular weight excluding hydrogens is 483 g/mol. The maximum atomic E-state index is 13.2. The average Bonchev–Trinajstić information content (AvgIpc) is 3.38. The average molecular weight is 506 g/mol. The van der Waals surface area contributed by atoms with Crippen LogP contribution in [0.1, 0.15) is 25.1 Å². The lowest BCUT2D eigenvalue weighted by atomic mass is 10.1. The second kappa shape index (κ2) is 10.9. The topological polar surface area (TPSA) is 89.8 Å². The monoisotopic (exact) mass is 505 g/mol. The summed E-state index contributed by atoms with van der Waals surface area (Å²) in [6.45, 7) is 4.67. The predicted molar refractivity (Wildman–Crippen MR) is 133 cm³/mol. The summed E-state index contributed by atoms with van der Waals surface area (Å²) in [4.78, 5) is 31.2. The zero-order valence-electron chi connectivity index (χ0n) is 17.7. The molecule has 1 aliphatic heterocycles. The van der Waals surface area contributed by atoms with Crippen molar-refractivity contribution in [1.82, 2.24) is 19.7 Å². The van der Waals surface area contributed by atoms with Crippen molar-refractivity contribution in [3.8, 4) is 0 Å².